The first-order valence-electron chi connectivity index (χ1n) is 29.8. The van der Waals surface area contributed by atoms with Crippen molar-refractivity contribution in [3.8, 4) is 33.8 Å². The fraction of sp³-hybridized carbons (Fsp3) is 0.270. The minimum atomic E-state index is 0.212. The maximum absolute atomic E-state index is 11.6. The van der Waals surface area contributed by atoms with E-state index >= 15 is 0 Å². The van der Waals surface area contributed by atoms with E-state index in [2.05, 4.69) is 206 Å². The minimum absolute atomic E-state index is 0.212. The van der Waals surface area contributed by atoms with Crippen molar-refractivity contribution in [3.05, 3.63) is 185 Å². The summed E-state index contributed by atoms with van der Waals surface area (Å²) in [5, 5.41) is 32.8. The molecular weight excluding hydrogens is 1140 g/mol. The number of phenolic OH excluding ortho intramolecular Hbond substituents is 2. The van der Waals surface area contributed by atoms with E-state index in [1.165, 1.54) is 98.8 Å². The van der Waals surface area contributed by atoms with Crippen LogP contribution in [0.5, 0.6) is 11.5 Å². The number of nitrogens with zero attached hydrogens (tertiary/aromatic N) is 2. The Labute approximate surface area is 497 Å². The highest BCUT2D eigenvalue weighted by Crippen LogP contribution is 2.48. The second-order valence-corrected chi connectivity index (χ2v) is 24.8. The molecule has 0 amide bonds. The Kier molecular flexibility index (Phi) is 14.2. The molecule has 6 aliphatic heterocycles. The highest BCUT2D eigenvalue weighted by Gasteiger charge is 2.28. The summed E-state index contributed by atoms with van der Waals surface area (Å²) in [6.07, 6.45) is 9.99. The number of benzene rings is 7. The number of allylic oxidation sites excluding steroid dienone is 4. The SMILES string of the molecule is CCC1=C(C)c2nc1cc1[nH]c(c(C)c1CC)c1c3nc(cc4[nH]c(c(C)c4CC)c2-c2cccc4cc5ccc(cc5cc24)CCCCc2c(O)c(Br)c(c(O)c2Br)CCCCc2ccc4cc5cccc-1c5cc4c2)C(CC)=C3C. The molecule has 4 N–H and O–H groups in total. The zero-order valence-corrected chi connectivity index (χ0v) is 51.6. The quantitative estimate of drug-likeness (QED) is 0.104. The normalized spacial score (nSPS) is 14.3. The van der Waals surface area contributed by atoms with Crippen LogP contribution in [0.1, 0.15) is 147 Å². The summed E-state index contributed by atoms with van der Waals surface area (Å²) in [5.74, 6) is 0.425. The molecule has 8 heteroatoms. The fourth-order valence-corrected chi connectivity index (χ4v) is 15.5. The Morgan fingerprint density at radius 1 is 0.451 bits per heavy atom. The molecule has 0 aliphatic carbocycles. The Hall–Kier alpha value is -7.26. The largest absolute Gasteiger partial charge is 0.506 e. The van der Waals surface area contributed by atoms with Crippen LogP contribution in [0, 0.1) is 13.8 Å². The molecule has 412 valence electrons. The second-order valence-electron chi connectivity index (χ2n) is 23.2. The summed E-state index contributed by atoms with van der Waals surface area (Å²) in [6.45, 7) is 18.3. The smallest absolute Gasteiger partial charge is 0.134 e. The first-order chi connectivity index (χ1) is 39.8. The predicted molar refractivity (Wildman–Crippen MR) is 354 cm³/mol. The molecule has 3 aromatic heterocycles. The molecule has 0 atom stereocenters. The molecule has 7 aromatic carbocycles. The average Bonchev–Trinajstić information content (AvgIpc) is 4.29. The van der Waals surface area contributed by atoms with E-state index in [1.54, 1.807) is 0 Å². The van der Waals surface area contributed by atoms with Crippen molar-refractivity contribution in [2.75, 3.05) is 0 Å². The standard InChI is InChI=1S/C74H70Br2N4O2/c1-9-51-39(5)69-65-55-25-17-21-47-33-45-29-27-43(31-49(45)35-59(47)55)19-13-15-23-57-67(75)74(82)58(68(76)73(57)81)24-16-14-20-44-28-30-46-34-48-22-18-26-56(60(48)36-50(46)32-44)66(71-40(6)52(10-2)62(78-71)37-61(51)77-69)72-42(8)54(12-4)64(80-72)38-63-53(11-3)41(7)70(65)79-63/h17-18,21-22,25-38,77,80-82H,9-16,19-20,23-24H2,1-8H3. The third-order valence-corrected chi connectivity index (χ3v) is 20.3. The Morgan fingerprint density at radius 2 is 0.866 bits per heavy atom. The van der Waals surface area contributed by atoms with Crippen LogP contribution in [0.15, 0.2) is 118 Å². The molecule has 0 radical (unpaired) electrons. The molecule has 0 saturated carbocycles. The molecule has 16 rings (SSSR count). The molecule has 0 fully saturated rings. The van der Waals surface area contributed by atoms with Gasteiger partial charge in [0.1, 0.15) is 11.5 Å². The molecular formula is C74H70Br2N4O2. The van der Waals surface area contributed by atoms with E-state index in [-0.39, 0.29) is 11.5 Å². The molecule has 0 saturated heterocycles. The van der Waals surface area contributed by atoms with Crippen molar-refractivity contribution in [2.45, 2.75) is 132 Å². The van der Waals surface area contributed by atoms with E-state index in [1.807, 2.05) is 0 Å². The Balaban J connectivity index is 1.13. The number of aromatic hydroxyl groups is 2. The molecule has 0 unspecified atom stereocenters. The van der Waals surface area contributed by atoms with Crippen LogP contribution in [-0.2, 0) is 38.5 Å². The number of aromatic amines is 2. The first-order valence-corrected chi connectivity index (χ1v) is 31.4. The van der Waals surface area contributed by atoms with Crippen LogP contribution in [0.3, 0.4) is 0 Å². The highest BCUT2D eigenvalue weighted by molar-refractivity contribution is 9.11. The maximum Gasteiger partial charge on any atom is 0.134 e. The first kappa shape index (κ1) is 54.0. The van der Waals surface area contributed by atoms with Crippen LogP contribution in [0.25, 0.3) is 110 Å². The number of aromatic nitrogens is 4. The van der Waals surface area contributed by atoms with Gasteiger partial charge in [0.15, 0.2) is 0 Å². The molecule has 82 heavy (non-hydrogen) atoms. The van der Waals surface area contributed by atoms with Crippen molar-refractivity contribution in [1.82, 2.24) is 19.9 Å². The van der Waals surface area contributed by atoms with Crippen molar-refractivity contribution in [3.63, 3.8) is 0 Å². The minimum Gasteiger partial charge on any atom is -0.506 e. The van der Waals surface area contributed by atoms with Crippen LogP contribution < -0.4 is 0 Å². The van der Waals surface area contributed by atoms with Gasteiger partial charge in [-0.1, -0.05) is 100 Å². The number of nitrogens with one attached hydrogen (secondary N) is 2. The van der Waals surface area contributed by atoms with E-state index in [0.29, 0.717) is 21.8 Å². The van der Waals surface area contributed by atoms with Gasteiger partial charge in [0, 0.05) is 33.3 Å². The summed E-state index contributed by atoms with van der Waals surface area (Å²) in [7, 11) is 0. The van der Waals surface area contributed by atoms with Crippen molar-refractivity contribution < 1.29 is 10.2 Å². The van der Waals surface area contributed by atoms with E-state index in [0.717, 1.165) is 142 Å². The second kappa shape index (κ2) is 21.5. The summed E-state index contributed by atoms with van der Waals surface area (Å²) in [4.78, 5) is 19.9. The van der Waals surface area contributed by atoms with Crippen molar-refractivity contribution >= 4 is 119 Å². The van der Waals surface area contributed by atoms with E-state index < -0.39 is 0 Å². The summed E-state index contributed by atoms with van der Waals surface area (Å²) in [5.41, 5.74) is 26.9. The van der Waals surface area contributed by atoms with Gasteiger partial charge in [-0.15, -0.1) is 0 Å². The number of aryl methyl sites for hydroxylation is 6. The van der Waals surface area contributed by atoms with Crippen LogP contribution in [-0.4, -0.2) is 30.1 Å². The summed E-state index contributed by atoms with van der Waals surface area (Å²) < 4.78 is 1.18. The third-order valence-electron chi connectivity index (χ3n) is 18.6. The van der Waals surface area contributed by atoms with Crippen LogP contribution in [0.4, 0.5) is 0 Å². The number of phenols is 2. The maximum atomic E-state index is 11.6. The highest BCUT2D eigenvalue weighted by atomic mass is 79.9. The Bertz CT molecular complexity index is 4290. The monoisotopic (exact) mass is 1200 g/mol. The zero-order valence-electron chi connectivity index (χ0n) is 48.4. The number of rotatable bonds is 4. The average molecular weight is 1210 g/mol. The van der Waals surface area contributed by atoms with Crippen molar-refractivity contribution in [2.24, 2.45) is 0 Å². The van der Waals surface area contributed by atoms with Gasteiger partial charge in [0.05, 0.1) is 42.8 Å². The van der Waals surface area contributed by atoms with Crippen molar-refractivity contribution in [1.29, 1.82) is 0 Å². The number of hydrogen-bond donors (Lipinski definition) is 4. The van der Waals surface area contributed by atoms with Gasteiger partial charge < -0.3 is 20.2 Å². The molecule has 9 heterocycles. The summed E-state index contributed by atoms with van der Waals surface area (Å²) in [6, 6.07) is 41.6. The van der Waals surface area contributed by atoms with E-state index in [4.69, 9.17) is 9.97 Å². The fourth-order valence-electron chi connectivity index (χ4n) is 14.2. The topological polar surface area (TPSA) is 97.8 Å². The molecule has 6 aliphatic rings. The van der Waals surface area contributed by atoms with Crippen LogP contribution >= 0.6 is 31.9 Å². The lowest BCUT2D eigenvalue weighted by Gasteiger charge is -2.16. The third kappa shape index (κ3) is 8.93. The van der Waals surface area contributed by atoms with Gasteiger partial charge in [-0.25, -0.2) is 9.97 Å². The van der Waals surface area contributed by atoms with Crippen LogP contribution in [0.2, 0.25) is 0 Å². The molecule has 10 aromatic rings. The molecule has 18 bridgehead atoms. The zero-order chi connectivity index (χ0) is 56.8. The lowest BCUT2D eigenvalue weighted by Crippen LogP contribution is -1.98. The number of halogens is 2. The lowest BCUT2D eigenvalue weighted by atomic mass is 9.91. The predicted octanol–water partition coefficient (Wildman–Crippen LogP) is 21.1. The van der Waals surface area contributed by atoms with Gasteiger partial charge in [0.25, 0.3) is 0 Å². The number of hydrogen-bond acceptors (Lipinski definition) is 4. The van der Waals surface area contributed by atoms with Gasteiger partial charge in [-0.2, -0.15) is 0 Å². The summed E-state index contributed by atoms with van der Waals surface area (Å²) >= 11 is 7.46. The number of H-pyrrole nitrogens is 2. The van der Waals surface area contributed by atoms with Gasteiger partial charge in [-0.3, -0.25) is 0 Å². The van der Waals surface area contributed by atoms with Gasteiger partial charge in [0.2, 0.25) is 0 Å². The molecule has 6 nitrogen and oxygen atoms in total. The van der Waals surface area contributed by atoms with Gasteiger partial charge >= 0.3 is 0 Å². The van der Waals surface area contributed by atoms with Gasteiger partial charge in [-0.05, 0) is 283 Å². The van der Waals surface area contributed by atoms with E-state index in [9.17, 15) is 10.2 Å². The Morgan fingerprint density at radius 3 is 1.27 bits per heavy atom. The lowest BCUT2D eigenvalue weighted by molar-refractivity contribution is 0.440. The molecule has 0 spiro atoms.